The molecule has 1 aliphatic rings. The molecule has 2 heterocycles. The smallest absolute Gasteiger partial charge is 0.339 e. The van der Waals surface area contributed by atoms with E-state index in [0.717, 1.165) is 16.7 Å². The summed E-state index contributed by atoms with van der Waals surface area (Å²) in [6, 6.07) is 4.99. The average Bonchev–Trinajstić information content (AvgIpc) is 3.00. The number of imidazole rings is 1. The minimum Gasteiger partial charge on any atom is -0.339 e. The van der Waals surface area contributed by atoms with Crippen LogP contribution in [0.1, 0.15) is 5.82 Å². The lowest BCUT2D eigenvalue weighted by atomic mass is 10.2. The SMILES string of the molecule is O=C(Cn1cc(-c2ccc(F)cc2)nc1C(F)(F)F)N1CCNCC1. The van der Waals surface area contributed by atoms with Gasteiger partial charge in [0.15, 0.2) is 0 Å². The molecule has 0 spiro atoms. The number of piperazine rings is 1. The largest absolute Gasteiger partial charge is 0.449 e. The molecule has 2 aromatic rings. The summed E-state index contributed by atoms with van der Waals surface area (Å²) in [7, 11) is 0. The molecule has 0 bridgehead atoms. The van der Waals surface area contributed by atoms with Crippen molar-refractivity contribution in [3.8, 4) is 11.3 Å². The lowest BCUT2D eigenvalue weighted by molar-refractivity contribution is -0.148. The molecule has 0 unspecified atom stereocenters. The van der Waals surface area contributed by atoms with Crippen molar-refractivity contribution in [3.63, 3.8) is 0 Å². The van der Waals surface area contributed by atoms with Crippen LogP contribution in [0.3, 0.4) is 0 Å². The van der Waals surface area contributed by atoms with Gasteiger partial charge in [0.1, 0.15) is 12.4 Å². The van der Waals surface area contributed by atoms with Gasteiger partial charge in [0.2, 0.25) is 11.7 Å². The predicted molar refractivity (Wildman–Crippen MR) is 82.1 cm³/mol. The lowest BCUT2D eigenvalue weighted by Crippen LogP contribution is -2.47. The van der Waals surface area contributed by atoms with Crippen LogP contribution in [0.15, 0.2) is 30.5 Å². The third-order valence-corrected chi connectivity index (χ3v) is 3.95. The summed E-state index contributed by atoms with van der Waals surface area (Å²) < 4.78 is 53.6. The first-order chi connectivity index (χ1) is 11.8. The number of benzene rings is 1. The maximum Gasteiger partial charge on any atom is 0.449 e. The van der Waals surface area contributed by atoms with E-state index in [9.17, 15) is 22.4 Å². The van der Waals surface area contributed by atoms with Crippen molar-refractivity contribution in [2.75, 3.05) is 26.2 Å². The quantitative estimate of drug-likeness (QED) is 0.858. The number of amides is 1. The molecular weight excluding hydrogens is 340 g/mol. The Kier molecular flexibility index (Phi) is 4.76. The third kappa shape index (κ3) is 3.98. The van der Waals surface area contributed by atoms with Crippen LogP contribution >= 0.6 is 0 Å². The van der Waals surface area contributed by atoms with Crippen molar-refractivity contribution in [2.24, 2.45) is 0 Å². The normalized spacial score (nSPS) is 15.4. The maximum absolute atomic E-state index is 13.3. The number of hydrogen-bond acceptors (Lipinski definition) is 3. The average molecular weight is 356 g/mol. The minimum absolute atomic E-state index is 0.0421. The highest BCUT2D eigenvalue weighted by Gasteiger charge is 2.38. The molecule has 3 rings (SSSR count). The number of carbonyl (C=O) groups excluding carboxylic acids is 1. The van der Waals surface area contributed by atoms with Crippen molar-refractivity contribution in [3.05, 3.63) is 42.1 Å². The highest BCUT2D eigenvalue weighted by atomic mass is 19.4. The fraction of sp³-hybridized carbons (Fsp3) is 0.375. The topological polar surface area (TPSA) is 50.2 Å². The first-order valence-electron chi connectivity index (χ1n) is 7.73. The van der Waals surface area contributed by atoms with Crippen LogP contribution in [0.25, 0.3) is 11.3 Å². The molecule has 1 aromatic heterocycles. The number of nitrogens with zero attached hydrogens (tertiary/aromatic N) is 3. The number of halogens is 4. The highest BCUT2D eigenvalue weighted by molar-refractivity contribution is 5.76. The predicted octanol–water partition coefficient (Wildman–Crippen LogP) is 2.14. The van der Waals surface area contributed by atoms with Gasteiger partial charge in [-0.15, -0.1) is 0 Å². The van der Waals surface area contributed by atoms with Gasteiger partial charge in [-0.1, -0.05) is 0 Å². The Hall–Kier alpha value is -2.42. The molecule has 9 heteroatoms. The van der Waals surface area contributed by atoms with Gasteiger partial charge in [-0.05, 0) is 24.3 Å². The number of aromatic nitrogens is 2. The van der Waals surface area contributed by atoms with Crippen LogP contribution in [0.5, 0.6) is 0 Å². The molecule has 1 aliphatic heterocycles. The molecule has 5 nitrogen and oxygen atoms in total. The van der Waals surface area contributed by atoms with E-state index in [1.807, 2.05) is 0 Å². The molecule has 1 fully saturated rings. The Labute approximate surface area is 141 Å². The summed E-state index contributed by atoms with van der Waals surface area (Å²) in [6.45, 7) is 1.70. The fourth-order valence-corrected chi connectivity index (χ4v) is 2.68. The Morgan fingerprint density at radius 2 is 1.80 bits per heavy atom. The fourth-order valence-electron chi connectivity index (χ4n) is 2.68. The van der Waals surface area contributed by atoms with Gasteiger partial charge in [-0.25, -0.2) is 9.37 Å². The van der Waals surface area contributed by atoms with Gasteiger partial charge >= 0.3 is 6.18 Å². The van der Waals surface area contributed by atoms with E-state index >= 15 is 0 Å². The van der Waals surface area contributed by atoms with E-state index in [4.69, 9.17) is 0 Å². The number of rotatable bonds is 3. The highest BCUT2D eigenvalue weighted by Crippen LogP contribution is 2.31. The molecule has 0 aliphatic carbocycles. The van der Waals surface area contributed by atoms with E-state index < -0.39 is 30.3 Å². The van der Waals surface area contributed by atoms with Gasteiger partial charge in [-0.3, -0.25) is 4.79 Å². The van der Waals surface area contributed by atoms with Crippen LogP contribution in [0, 0.1) is 5.82 Å². The Bertz CT molecular complexity index is 748. The summed E-state index contributed by atoms with van der Waals surface area (Å²) in [5, 5.41) is 3.08. The second kappa shape index (κ2) is 6.83. The Morgan fingerprint density at radius 3 is 2.40 bits per heavy atom. The van der Waals surface area contributed by atoms with Gasteiger partial charge in [-0.2, -0.15) is 13.2 Å². The van der Waals surface area contributed by atoms with Crippen molar-refractivity contribution in [1.29, 1.82) is 0 Å². The minimum atomic E-state index is -4.69. The summed E-state index contributed by atoms with van der Waals surface area (Å²) in [5.41, 5.74) is 0.390. The first-order valence-corrected chi connectivity index (χ1v) is 7.73. The Balaban J connectivity index is 1.88. The maximum atomic E-state index is 13.3. The molecule has 1 amide bonds. The zero-order valence-corrected chi connectivity index (χ0v) is 13.2. The molecule has 0 atom stereocenters. The van der Waals surface area contributed by atoms with Crippen molar-refractivity contribution >= 4 is 5.91 Å². The van der Waals surface area contributed by atoms with Crippen LogP contribution in [0.4, 0.5) is 17.6 Å². The van der Waals surface area contributed by atoms with Crippen LogP contribution < -0.4 is 5.32 Å². The number of hydrogen-bond donors (Lipinski definition) is 1. The summed E-state index contributed by atoms with van der Waals surface area (Å²) in [5.74, 6) is -2.03. The molecule has 1 saturated heterocycles. The summed E-state index contributed by atoms with van der Waals surface area (Å²) >= 11 is 0. The summed E-state index contributed by atoms with van der Waals surface area (Å²) in [6.07, 6.45) is -3.52. The standard InChI is InChI=1S/C16H16F4N4O/c17-12-3-1-11(2-4-12)13-9-24(15(22-13)16(18,19)20)10-14(25)23-7-5-21-6-8-23/h1-4,9,21H,5-8,10H2. The van der Waals surface area contributed by atoms with Gasteiger partial charge in [0, 0.05) is 37.9 Å². The second-order valence-corrected chi connectivity index (χ2v) is 5.71. The second-order valence-electron chi connectivity index (χ2n) is 5.71. The number of alkyl halides is 3. The molecular formula is C16H16F4N4O. The van der Waals surface area contributed by atoms with Gasteiger partial charge in [0.05, 0.1) is 5.69 Å². The number of nitrogens with one attached hydrogen (secondary N) is 1. The van der Waals surface area contributed by atoms with E-state index in [1.54, 1.807) is 0 Å². The van der Waals surface area contributed by atoms with Crippen molar-refractivity contribution < 1.29 is 22.4 Å². The first kappa shape index (κ1) is 17.4. The van der Waals surface area contributed by atoms with E-state index in [1.165, 1.54) is 23.2 Å². The summed E-state index contributed by atoms with van der Waals surface area (Å²) in [4.78, 5) is 17.4. The van der Waals surface area contributed by atoms with Crippen molar-refractivity contribution in [2.45, 2.75) is 12.7 Å². The molecule has 134 valence electrons. The molecule has 0 radical (unpaired) electrons. The number of carbonyl (C=O) groups is 1. The third-order valence-electron chi connectivity index (χ3n) is 3.95. The Morgan fingerprint density at radius 1 is 1.16 bits per heavy atom. The van der Waals surface area contributed by atoms with Crippen LogP contribution in [-0.4, -0.2) is 46.5 Å². The van der Waals surface area contributed by atoms with E-state index in [-0.39, 0.29) is 5.69 Å². The van der Waals surface area contributed by atoms with Gasteiger partial charge < -0.3 is 14.8 Å². The van der Waals surface area contributed by atoms with Crippen molar-refractivity contribution in [1.82, 2.24) is 19.8 Å². The molecule has 1 N–H and O–H groups in total. The van der Waals surface area contributed by atoms with E-state index in [0.29, 0.717) is 31.7 Å². The lowest BCUT2D eigenvalue weighted by Gasteiger charge is -2.27. The van der Waals surface area contributed by atoms with Crippen LogP contribution in [-0.2, 0) is 17.5 Å². The monoisotopic (exact) mass is 356 g/mol. The molecule has 25 heavy (non-hydrogen) atoms. The van der Waals surface area contributed by atoms with E-state index in [2.05, 4.69) is 10.3 Å². The molecule has 0 saturated carbocycles. The van der Waals surface area contributed by atoms with Gasteiger partial charge in [0.25, 0.3) is 0 Å². The zero-order chi connectivity index (χ0) is 18.0. The zero-order valence-electron chi connectivity index (χ0n) is 13.2. The molecule has 1 aromatic carbocycles. The van der Waals surface area contributed by atoms with Crippen LogP contribution in [0.2, 0.25) is 0 Å².